The van der Waals surface area contributed by atoms with Gasteiger partial charge in [-0.3, -0.25) is 13.9 Å². The molecule has 27 heavy (non-hydrogen) atoms. The number of piperazine rings is 1. The van der Waals surface area contributed by atoms with E-state index in [2.05, 4.69) is 0 Å². The van der Waals surface area contributed by atoms with Crippen molar-refractivity contribution in [2.75, 3.05) is 37.0 Å². The number of carbonyl (C=O) groups excluding carboxylic acids is 2. The van der Waals surface area contributed by atoms with Crippen molar-refractivity contribution in [2.24, 2.45) is 0 Å². The van der Waals surface area contributed by atoms with Crippen molar-refractivity contribution < 1.29 is 18.0 Å². The Morgan fingerprint density at radius 3 is 2.44 bits per heavy atom. The summed E-state index contributed by atoms with van der Waals surface area (Å²) in [5, 5.41) is 1.66. The Kier molecular flexibility index (Phi) is 4.51. The van der Waals surface area contributed by atoms with E-state index in [1.165, 1.54) is 4.31 Å². The van der Waals surface area contributed by atoms with Crippen LogP contribution in [0, 0.1) is 0 Å². The third-order valence-electron chi connectivity index (χ3n) is 5.25. The van der Waals surface area contributed by atoms with Crippen LogP contribution in [0.5, 0.6) is 0 Å². The van der Waals surface area contributed by atoms with Gasteiger partial charge in [0.15, 0.2) is 0 Å². The molecule has 142 valence electrons. The number of anilines is 1. The van der Waals surface area contributed by atoms with Crippen molar-refractivity contribution in [2.45, 2.75) is 17.7 Å². The smallest absolute Gasteiger partial charge is 0.265 e. The zero-order valence-corrected chi connectivity index (χ0v) is 15.7. The molecule has 0 saturated carbocycles. The summed E-state index contributed by atoms with van der Waals surface area (Å²) in [5.41, 5.74) is 0.690. The Hall–Kier alpha value is -2.61. The topological polar surface area (TPSA) is 78.0 Å². The van der Waals surface area contributed by atoms with Crippen LogP contribution >= 0.6 is 0 Å². The molecule has 2 aliphatic heterocycles. The van der Waals surface area contributed by atoms with Gasteiger partial charge in [0.1, 0.15) is 0 Å². The molecule has 2 aromatic rings. The van der Waals surface area contributed by atoms with E-state index in [1.807, 2.05) is 24.3 Å². The first-order chi connectivity index (χ1) is 13.0. The lowest BCUT2D eigenvalue weighted by Gasteiger charge is -2.32. The van der Waals surface area contributed by atoms with Gasteiger partial charge < -0.3 is 9.80 Å². The van der Waals surface area contributed by atoms with Gasteiger partial charge in [0, 0.05) is 44.5 Å². The Labute approximate surface area is 158 Å². The number of nitrogens with zero attached hydrogens (tertiary/aromatic N) is 3. The summed E-state index contributed by atoms with van der Waals surface area (Å²) in [6.45, 7) is 2.44. The number of hydrogen-bond donors (Lipinski definition) is 0. The minimum atomic E-state index is -3.57. The number of rotatable bonds is 5. The molecule has 0 unspecified atom stereocenters. The van der Waals surface area contributed by atoms with E-state index in [0.29, 0.717) is 49.6 Å². The molecule has 2 heterocycles. The largest absolute Gasteiger partial charge is 0.342 e. The molecule has 0 N–H and O–H groups in total. The average molecular weight is 387 g/mol. The van der Waals surface area contributed by atoms with Crippen LogP contribution in [0.3, 0.4) is 0 Å². The predicted octanol–water partition coefficient (Wildman–Crippen LogP) is 1.43. The molecule has 7 nitrogen and oxygen atoms in total. The van der Waals surface area contributed by atoms with Crippen LogP contribution in [0.15, 0.2) is 41.3 Å². The van der Waals surface area contributed by atoms with Gasteiger partial charge in [-0.2, -0.15) is 0 Å². The molecule has 1 fully saturated rings. The molecular formula is C19H21N3O4S. The summed E-state index contributed by atoms with van der Waals surface area (Å²) in [6, 6.07) is 10.9. The lowest BCUT2D eigenvalue weighted by molar-refractivity contribution is -0.135. The molecule has 0 radical (unpaired) electrons. The monoisotopic (exact) mass is 387 g/mol. The van der Waals surface area contributed by atoms with E-state index in [-0.39, 0.29) is 12.5 Å². The molecule has 2 aliphatic rings. The Morgan fingerprint density at radius 1 is 1.04 bits per heavy atom. The van der Waals surface area contributed by atoms with Crippen molar-refractivity contribution in [3.05, 3.63) is 36.4 Å². The first-order valence-corrected chi connectivity index (χ1v) is 10.5. The molecule has 0 bridgehead atoms. The van der Waals surface area contributed by atoms with Crippen LogP contribution in [0.2, 0.25) is 0 Å². The van der Waals surface area contributed by atoms with Crippen molar-refractivity contribution in [1.29, 1.82) is 0 Å². The zero-order chi connectivity index (χ0) is 19.0. The molecule has 8 heteroatoms. The first kappa shape index (κ1) is 17.8. The van der Waals surface area contributed by atoms with Crippen LogP contribution in [0.25, 0.3) is 10.8 Å². The summed E-state index contributed by atoms with van der Waals surface area (Å²) in [6.07, 6.45) is 1.55. The highest BCUT2D eigenvalue weighted by molar-refractivity contribution is 7.93. The normalized spacial score (nSPS) is 18.1. The molecule has 1 saturated heterocycles. The second-order valence-electron chi connectivity index (χ2n) is 6.83. The average Bonchev–Trinajstić information content (AvgIpc) is 2.91. The van der Waals surface area contributed by atoms with Gasteiger partial charge in [-0.25, -0.2) is 8.42 Å². The molecule has 0 aliphatic carbocycles. The van der Waals surface area contributed by atoms with Crippen LogP contribution in [-0.4, -0.2) is 63.3 Å². The van der Waals surface area contributed by atoms with Gasteiger partial charge in [0.05, 0.1) is 10.6 Å². The number of amides is 2. The molecule has 4 rings (SSSR count). The molecule has 0 aromatic heterocycles. The number of carbonyl (C=O) groups is 2. The lowest BCUT2D eigenvalue weighted by Crippen LogP contribution is -2.48. The molecular weight excluding hydrogens is 366 g/mol. The maximum Gasteiger partial charge on any atom is 0.265 e. The Bertz CT molecular complexity index is 992. The zero-order valence-electron chi connectivity index (χ0n) is 14.9. The Balaban J connectivity index is 1.43. The first-order valence-electron chi connectivity index (χ1n) is 9.04. The van der Waals surface area contributed by atoms with E-state index in [4.69, 9.17) is 0 Å². The summed E-state index contributed by atoms with van der Waals surface area (Å²) >= 11 is 0. The van der Waals surface area contributed by atoms with E-state index in [9.17, 15) is 18.0 Å². The number of hydrogen-bond acceptors (Lipinski definition) is 4. The fourth-order valence-corrected chi connectivity index (χ4v) is 5.56. The fraction of sp³-hybridized carbons (Fsp3) is 0.368. The van der Waals surface area contributed by atoms with Crippen LogP contribution in [0.1, 0.15) is 12.8 Å². The van der Waals surface area contributed by atoms with Crippen LogP contribution < -0.4 is 4.31 Å². The fourth-order valence-electron chi connectivity index (χ4n) is 3.81. The molecule has 0 spiro atoms. The highest BCUT2D eigenvalue weighted by Gasteiger charge is 2.35. The van der Waals surface area contributed by atoms with Crippen molar-refractivity contribution in [3.8, 4) is 0 Å². The summed E-state index contributed by atoms with van der Waals surface area (Å²) < 4.78 is 27.2. The molecule has 2 amide bonds. The van der Waals surface area contributed by atoms with Crippen molar-refractivity contribution >= 4 is 38.8 Å². The van der Waals surface area contributed by atoms with Crippen molar-refractivity contribution in [1.82, 2.24) is 9.80 Å². The van der Waals surface area contributed by atoms with E-state index < -0.39 is 10.0 Å². The third kappa shape index (κ3) is 3.03. The second kappa shape index (κ2) is 6.84. The Morgan fingerprint density at radius 2 is 1.74 bits per heavy atom. The predicted molar refractivity (Wildman–Crippen MR) is 102 cm³/mol. The van der Waals surface area contributed by atoms with Gasteiger partial charge in [0.2, 0.25) is 12.3 Å². The van der Waals surface area contributed by atoms with Crippen molar-refractivity contribution in [3.63, 3.8) is 0 Å². The number of benzene rings is 2. The number of sulfonamides is 1. The van der Waals surface area contributed by atoms with Crippen LogP contribution in [-0.2, 0) is 19.6 Å². The molecule has 2 aromatic carbocycles. The minimum absolute atomic E-state index is 0.00728. The standard InChI is InChI=1S/C19H21N3O4S/c23-14-20-10-12-21(13-11-20)18(24)8-3-9-22-16-6-1-4-15-5-2-7-17(19(15)16)27(22,25)26/h1-2,4-7,14H,3,8-13H2. The SMILES string of the molecule is O=CN1CCN(C(=O)CCCN2c3cccc4cccc(c34)S2(=O)=O)CC1. The van der Waals surface area contributed by atoms with E-state index >= 15 is 0 Å². The van der Waals surface area contributed by atoms with E-state index in [0.717, 1.165) is 17.2 Å². The summed E-state index contributed by atoms with van der Waals surface area (Å²) in [5.74, 6) is 0.00728. The van der Waals surface area contributed by atoms with Gasteiger partial charge in [-0.1, -0.05) is 24.3 Å². The van der Waals surface area contributed by atoms with E-state index in [1.54, 1.807) is 21.9 Å². The minimum Gasteiger partial charge on any atom is -0.342 e. The molecule has 0 atom stereocenters. The quantitative estimate of drug-likeness (QED) is 0.727. The van der Waals surface area contributed by atoms with Gasteiger partial charge in [0.25, 0.3) is 10.0 Å². The third-order valence-corrected chi connectivity index (χ3v) is 7.10. The highest BCUT2D eigenvalue weighted by atomic mass is 32.2. The second-order valence-corrected chi connectivity index (χ2v) is 8.67. The van der Waals surface area contributed by atoms with Crippen LogP contribution in [0.4, 0.5) is 5.69 Å². The van der Waals surface area contributed by atoms with Gasteiger partial charge >= 0.3 is 0 Å². The summed E-state index contributed by atoms with van der Waals surface area (Å²) in [7, 11) is -3.57. The van der Waals surface area contributed by atoms with Gasteiger partial charge in [-0.15, -0.1) is 0 Å². The van der Waals surface area contributed by atoms with Gasteiger partial charge in [-0.05, 0) is 23.9 Å². The lowest BCUT2D eigenvalue weighted by atomic mass is 10.1. The maximum absolute atomic E-state index is 12.9. The summed E-state index contributed by atoms with van der Waals surface area (Å²) in [4.78, 5) is 26.9. The highest BCUT2D eigenvalue weighted by Crippen LogP contribution is 2.41. The maximum atomic E-state index is 12.9.